The lowest BCUT2D eigenvalue weighted by atomic mass is 9.81. The van der Waals surface area contributed by atoms with Crippen LogP contribution in [-0.4, -0.2) is 10.8 Å². The lowest BCUT2D eigenvalue weighted by Gasteiger charge is -2.28. The number of likely N-dealkylation sites (tertiary alicyclic amines) is 1. The normalized spacial score (nSPS) is 25.8. The fourth-order valence-electron chi connectivity index (χ4n) is 4.08. The SMILES string of the molecule is O=C1[C@@H]2CCC=C[C@H]2[C@@H](c2cccc(Br)c2)N1Cc1ccccc1. The average Bonchev–Trinajstić information content (AvgIpc) is 2.89. The zero-order chi connectivity index (χ0) is 16.5. The van der Waals surface area contributed by atoms with Gasteiger partial charge < -0.3 is 4.90 Å². The first-order chi connectivity index (χ1) is 11.7. The van der Waals surface area contributed by atoms with Gasteiger partial charge in [0.05, 0.1) is 6.04 Å². The maximum atomic E-state index is 13.1. The molecule has 1 aliphatic heterocycles. The highest BCUT2D eigenvalue weighted by atomic mass is 79.9. The lowest BCUT2D eigenvalue weighted by Crippen LogP contribution is -2.29. The molecule has 1 fully saturated rings. The molecule has 2 aromatic carbocycles. The molecule has 4 rings (SSSR count). The molecule has 0 N–H and O–H groups in total. The van der Waals surface area contributed by atoms with E-state index in [0.29, 0.717) is 12.5 Å². The average molecular weight is 382 g/mol. The summed E-state index contributed by atoms with van der Waals surface area (Å²) in [6.07, 6.45) is 6.49. The summed E-state index contributed by atoms with van der Waals surface area (Å²) < 4.78 is 1.07. The quantitative estimate of drug-likeness (QED) is 0.676. The number of carbonyl (C=O) groups is 1. The molecule has 3 atom stereocenters. The predicted molar refractivity (Wildman–Crippen MR) is 99.2 cm³/mol. The third-order valence-electron chi connectivity index (χ3n) is 5.15. The highest BCUT2D eigenvalue weighted by Gasteiger charge is 2.47. The fourth-order valence-corrected chi connectivity index (χ4v) is 4.49. The number of allylic oxidation sites excluding steroid dienone is 1. The topological polar surface area (TPSA) is 20.3 Å². The molecule has 2 aliphatic rings. The maximum absolute atomic E-state index is 13.1. The molecule has 24 heavy (non-hydrogen) atoms. The van der Waals surface area contributed by atoms with Crippen molar-refractivity contribution in [2.45, 2.75) is 25.4 Å². The smallest absolute Gasteiger partial charge is 0.227 e. The summed E-state index contributed by atoms with van der Waals surface area (Å²) >= 11 is 3.58. The van der Waals surface area contributed by atoms with Gasteiger partial charge in [-0.15, -0.1) is 0 Å². The van der Waals surface area contributed by atoms with Crippen molar-refractivity contribution in [1.82, 2.24) is 4.90 Å². The number of benzene rings is 2. The summed E-state index contributed by atoms with van der Waals surface area (Å²) in [6.45, 7) is 0.678. The molecule has 2 aromatic rings. The van der Waals surface area contributed by atoms with Gasteiger partial charge in [-0.3, -0.25) is 4.79 Å². The number of halogens is 1. The molecule has 1 saturated heterocycles. The minimum atomic E-state index is 0.122. The van der Waals surface area contributed by atoms with Crippen molar-refractivity contribution in [2.24, 2.45) is 11.8 Å². The van der Waals surface area contributed by atoms with Gasteiger partial charge in [0.15, 0.2) is 0 Å². The monoisotopic (exact) mass is 381 g/mol. The Hall–Kier alpha value is -1.87. The van der Waals surface area contributed by atoms with Crippen LogP contribution in [0.4, 0.5) is 0 Å². The van der Waals surface area contributed by atoms with Crippen LogP contribution in [0.1, 0.15) is 30.0 Å². The van der Waals surface area contributed by atoms with Crippen LogP contribution in [-0.2, 0) is 11.3 Å². The Morgan fingerprint density at radius 3 is 2.71 bits per heavy atom. The van der Waals surface area contributed by atoms with E-state index in [1.165, 1.54) is 11.1 Å². The molecule has 0 unspecified atom stereocenters. The van der Waals surface area contributed by atoms with Gasteiger partial charge in [-0.05, 0) is 36.1 Å². The predicted octanol–water partition coefficient (Wildman–Crippen LogP) is 5.12. The zero-order valence-electron chi connectivity index (χ0n) is 13.4. The van der Waals surface area contributed by atoms with Crippen LogP contribution < -0.4 is 0 Å². The Kier molecular flexibility index (Phi) is 4.28. The number of rotatable bonds is 3. The number of hydrogen-bond donors (Lipinski definition) is 0. The van der Waals surface area contributed by atoms with E-state index in [1.54, 1.807) is 0 Å². The standard InChI is InChI=1S/C21H20BrNO/c22-17-10-6-9-16(13-17)20-18-11-4-5-12-19(18)21(24)23(20)14-15-7-2-1-3-8-15/h1-4,6-11,13,18-20H,5,12,14H2/t18-,19-,20-/m1/s1. The number of fused-ring (bicyclic) bond motifs is 1. The molecular weight excluding hydrogens is 362 g/mol. The van der Waals surface area contributed by atoms with Crippen LogP contribution in [0, 0.1) is 11.8 Å². The van der Waals surface area contributed by atoms with E-state index in [1.807, 2.05) is 24.3 Å². The number of carbonyl (C=O) groups excluding carboxylic acids is 1. The van der Waals surface area contributed by atoms with E-state index in [2.05, 4.69) is 63.3 Å². The van der Waals surface area contributed by atoms with Gasteiger partial charge in [-0.1, -0.05) is 70.5 Å². The molecule has 1 heterocycles. The molecule has 1 amide bonds. The van der Waals surface area contributed by atoms with Gasteiger partial charge >= 0.3 is 0 Å². The van der Waals surface area contributed by atoms with Crippen molar-refractivity contribution in [3.63, 3.8) is 0 Å². The first-order valence-electron chi connectivity index (χ1n) is 8.50. The van der Waals surface area contributed by atoms with Crippen LogP contribution in [0.3, 0.4) is 0 Å². The van der Waals surface area contributed by atoms with Crippen molar-refractivity contribution in [3.05, 3.63) is 82.3 Å². The van der Waals surface area contributed by atoms with E-state index in [9.17, 15) is 4.79 Å². The second-order valence-corrected chi connectivity index (χ2v) is 7.56. The molecule has 0 radical (unpaired) electrons. The van der Waals surface area contributed by atoms with Gasteiger partial charge in [0.1, 0.15) is 0 Å². The minimum Gasteiger partial charge on any atom is -0.330 e. The third kappa shape index (κ3) is 2.82. The van der Waals surface area contributed by atoms with Gasteiger partial charge in [0.25, 0.3) is 0 Å². The van der Waals surface area contributed by atoms with E-state index in [4.69, 9.17) is 0 Å². The molecule has 122 valence electrons. The molecule has 0 saturated carbocycles. The zero-order valence-corrected chi connectivity index (χ0v) is 15.0. The van der Waals surface area contributed by atoms with Crippen LogP contribution >= 0.6 is 15.9 Å². The first-order valence-corrected chi connectivity index (χ1v) is 9.30. The summed E-state index contributed by atoms with van der Waals surface area (Å²) in [5, 5.41) is 0. The third-order valence-corrected chi connectivity index (χ3v) is 5.65. The summed E-state index contributed by atoms with van der Waals surface area (Å²) in [4.78, 5) is 15.2. The van der Waals surface area contributed by atoms with E-state index < -0.39 is 0 Å². The molecule has 0 spiro atoms. The van der Waals surface area contributed by atoms with Crippen LogP contribution in [0.25, 0.3) is 0 Å². The van der Waals surface area contributed by atoms with Gasteiger partial charge in [-0.25, -0.2) is 0 Å². The highest BCUT2D eigenvalue weighted by Crippen LogP contribution is 2.47. The molecule has 3 heteroatoms. The second kappa shape index (κ2) is 6.56. The number of nitrogens with zero attached hydrogens (tertiary/aromatic N) is 1. The molecular formula is C21H20BrNO. The van der Waals surface area contributed by atoms with Crippen molar-refractivity contribution in [1.29, 1.82) is 0 Å². The van der Waals surface area contributed by atoms with Crippen molar-refractivity contribution < 1.29 is 4.79 Å². The number of hydrogen-bond acceptors (Lipinski definition) is 1. The molecule has 2 nitrogen and oxygen atoms in total. The lowest BCUT2D eigenvalue weighted by molar-refractivity contribution is -0.132. The highest BCUT2D eigenvalue weighted by molar-refractivity contribution is 9.10. The fraction of sp³-hybridized carbons (Fsp3) is 0.286. The van der Waals surface area contributed by atoms with Crippen molar-refractivity contribution in [3.8, 4) is 0 Å². The van der Waals surface area contributed by atoms with Crippen LogP contribution in [0.5, 0.6) is 0 Å². The Morgan fingerprint density at radius 1 is 1.08 bits per heavy atom. The Bertz CT molecular complexity index is 770. The summed E-state index contributed by atoms with van der Waals surface area (Å²) in [5.74, 6) is 0.713. The van der Waals surface area contributed by atoms with Gasteiger partial charge in [0, 0.05) is 22.9 Å². The molecule has 0 aromatic heterocycles. The number of amides is 1. The van der Waals surface area contributed by atoms with Gasteiger partial charge in [-0.2, -0.15) is 0 Å². The van der Waals surface area contributed by atoms with E-state index in [0.717, 1.165) is 17.3 Å². The van der Waals surface area contributed by atoms with Gasteiger partial charge in [0.2, 0.25) is 5.91 Å². The van der Waals surface area contributed by atoms with Crippen LogP contribution in [0.15, 0.2) is 71.2 Å². The Morgan fingerprint density at radius 2 is 1.92 bits per heavy atom. The minimum absolute atomic E-state index is 0.122. The Labute approximate surface area is 151 Å². The largest absolute Gasteiger partial charge is 0.330 e. The molecule has 1 aliphatic carbocycles. The van der Waals surface area contributed by atoms with Crippen LogP contribution in [0.2, 0.25) is 0 Å². The summed E-state index contributed by atoms with van der Waals surface area (Å²) in [6, 6.07) is 18.8. The summed E-state index contributed by atoms with van der Waals surface area (Å²) in [5.41, 5.74) is 2.40. The Balaban J connectivity index is 1.74. The van der Waals surface area contributed by atoms with Crippen molar-refractivity contribution in [2.75, 3.05) is 0 Å². The van der Waals surface area contributed by atoms with Crippen molar-refractivity contribution >= 4 is 21.8 Å². The molecule has 0 bridgehead atoms. The summed E-state index contributed by atoms with van der Waals surface area (Å²) in [7, 11) is 0. The first kappa shape index (κ1) is 15.6. The second-order valence-electron chi connectivity index (χ2n) is 6.64. The van der Waals surface area contributed by atoms with E-state index in [-0.39, 0.29) is 17.9 Å². The maximum Gasteiger partial charge on any atom is 0.227 e. The van der Waals surface area contributed by atoms with E-state index >= 15 is 0 Å².